The number of aromatic amines is 1. The van der Waals surface area contributed by atoms with Crippen molar-refractivity contribution in [2.75, 3.05) is 7.11 Å². The summed E-state index contributed by atoms with van der Waals surface area (Å²) in [4.78, 5) is 3.09. The van der Waals surface area contributed by atoms with Gasteiger partial charge in [-0.05, 0) is 37.4 Å². The van der Waals surface area contributed by atoms with E-state index in [0.717, 1.165) is 29.8 Å². The molecule has 0 aliphatic heterocycles. The highest BCUT2D eigenvalue weighted by Crippen LogP contribution is 2.37. The van der Waals surface area contributed by atoms with Crippen LogP contribution in [0.15, 0.2) is 12.1 Å². The Hall–Kier alpha value is -1.36. The molecule has 1 N–H and O–H groups in total. The van der Waals surface area contributed by atoms with Gasteiger partial charge in [0.1, 0.15) is 0 Å². The van der Waals surface area contributed by atoms with Gasteiger partial charge in [0.25, 0.3) is 0 Å². The molecule has 2 aromatic rings. The van der Waals surface area contributed by atoms with Gasteiger partial charge >= 0.3 is 0 Å². The van der Waals surface area contributed by atoms with Crippen LogP contribution < -0.4 is 4.74 Å². The first-order valence-corrected chi connectivity index (χ1v) is 6.98. The van der Waals surface area contributed by atoms with Gasteiger partial charge in [0.05, 0.1) is 18.1 Å². The van der Waals surface area contributed by atoms with Crippen LogP contribution in [0.4, 0.5) is 4.39 Å². The number of nitrogens with one attached hydrogen (secondary N) is 1. The van der Waals surface area contributed by atoms with Crippen molar-refractivity contribution in [1.82, 2.24) is 9.55 Å². The van der Waals surface area contributed by atoms with Gasteiger partial charge in [0.15, 0.2) is 16.3 Å². The topological polar surface area (TPSA) is 29.9 Å². The van der Waals surface area contributed by atoms with E-state index in [2.05, 4.69) is 16.5 Å². The number of hydrogen-bond donors (Lipinski definition) is 1. The number of fused-ring (bicyclic) bond motifs is 1. The van der Waals surface area contributed by atoms with Crippen LogP contribution in [0.2, 0.25) is 0 Å². The summed E-state index contributed by atoms with van der Waals surface area (Å²) in [6, 6.07) is 3.60. The van der Waals surface area contributed by atoms with Gasteiger partial charge in [0, 0.05) is 18.2 Å². The Morgan fingerprint density at radius 1 is 1.42 bits per heavy atom. The minimum atomic E-state index is -0.363. The van der Waals surface area contributed by atoms with Crippen molar-refractivity contribution in [3.05, 3.63) is 22.7 Å². The van der Waals surface area contributed by atoms with Gasteiger partial charge < -0.3 is 14.3 Å². The summed E-state index contributed by atoms with van der Waals surface area (Å²) in [5.41, 5.74) is 1.67. The second kappa shape index (κ2) is 4.63. The molecule has 3 nitrogen and oxygen atoms in total. The fourth-order valence-electron chi connectivity index (χ4n) is 3.06. The molecule has 102 valence electrons. The van der Waals surface area contributed by atoms with Crippen LogP contribution in [-0.4, -0.2) is 16.7 Å². The van der Waals surface area contributed by atoms with E-state index in [1.165, 1.54) is 19.6 Å². The second-order valence-electron chi connectivity index (χ2n) is 5.38. The first kappa shape index (κ1) is 12.7. The highest BCUT2D eigenvalue weighted by molar-refractivity contribution is 7.71. The molecule has 19 heavy (non-hydrogen) atoms. The first-order chi connectivity index (χ1) is 9.10. The van der Waals surface area contributed by atoms with Crippen LogP contribution in [0.3, 0.4) is 0 Å². The Balaban J connectivity index is 2.18. The van der Waals surface area contributed by atoms with E-state index in [9.17, 15) is 4.39 Å². The Morgan fingerprint density at radius 3 is 2.84 bits per heavy atom. The number of hydrogen-bond acceptors (Lipinski definition) is 2. The number of aromatic nitrogens is 2. The Labute approximate surface area is 116 Å². The summed E-state index contributed by atoms with van der Waals surface area (Å²) >= 11 is 5.40. The molecule has 0 spiro atoms. The van der Waals surface area contributed by atoms with Gasteiger partial charge in [-0.2, -0.15) is 0 Å². The molecule has 2 atom stereocenters. The maximum Gasteiger partial charge on any atom is 0.178 e. The van der Waals surface area contributed by atoms with Gasteiger partial charge in [-0.25, -0.2) is 4.39 Å². The minimum absolute atomic E-state index is 0.265. The molecular formula is C14H17FN2OS. The van der Waals surface area contributed by atoms with E-state index >= 15 is 0 Å². The molecule has 0 saturated heterocycles. The predicted molar refractivity (Wildman–Crippen MR) is 75.7 cm³/mol. The monoisotopic (exact) mass is 280 g/mol. The molecule has 0 amide bonds. The average Bonchev–Trinajstić information content (AvgIpc) is 2.90. The largest absolute Gasteiger partial charge is 0.494 e. The number of halogens is 1. The molecule has 5 heteroatoms. The standard InChI is InChI=1S/C14H17FN2OS/c1-8-3-4-9(5-8)17-12-7-13(18-2)10(15)6-11(12)16-14(17)19/h6-9H,3-5H2,1-2H3,(H,16,19). The zero-order valence-electron chi connectivity index (χ0n) is 11.1. The third kappa shape index (κ3) is 2.06. The summed E-state index contributed by atoms with van der Waals surface area (Å²) in [5, 5.41) is 0. The maximum absolute atomic E-state index is 13.7. The first-order valence-electron chi connectivity index (χ1n) is 6.58. The predicted octanol–water partition coefficient (Wildman–Crippen LogP) is 4.21. The molecule has 1 saturated carbocycles. The van der Waals surface area contributed by atoms with Crippen molar-refractivity contribution < 1.29 is 9.13 Å². The number of imidazole rings is 1. The van der Waals surface area contributed by atoms with Crippen LogP contribution in [0.25, 0.3) is 11.0 Å². The molecule has 0 radical (unpaired) electrons. The van der Waals surface area contributed by atoms with Crippen LogP contribution in [0, 0.1) is 16.5 Å². The van der Waals surface area contributed by atoms with Crippen LogP contribution in [0.5, 0.6) is 5.75 Å². The van der Waals surface area contributed by atoms with E-state index < -0.39 is 0 Å². The van der Waals surface area contributed by atoms with Gasteiger partial charge in [-0.1, -0.05) is 6.92 Å². The molecule has 1 aliphatic carbocycles. The SMILES string of the molecule is COc1cc2c(cc1F)[nH]c(=S)n2C1CCC(C)C1. The van der Waals surface area contributed by atoms with E-state index in [4.69, 9.17) is 17.0 Å². The lowest BCUT2D eigenvalue weighted by molar-refractivity contribution is 0.387. The molecule has 1 fully saturated rings. The highest BCUT2D eigenvalue weighted by atomic mass is 32.1. The number of rotatable bonds is 2. The number of methoxy groups -OCH3 is 1. The lowest BCUT2D eigenvalue weighted by Crippen LogP contribution is -2.05. The summed E-state index contributed by atoms with van der Waals surface area (Å²) in [7, 11) is 1.48. The van der Waals surface area contributed by atoms with E-state index in [1.54, 1.807) is 6.07 Å². The van der Waals surface area contributed by atoms with Crippen LogP contribution in [0.1, 0.15) is 32.2 Å². The maximum atomic E-state index is 13.7. The van der Waals surface area contributed by atoms with E-state index in [1.807, 2.05) is 0 Å². The molecule has 1 aromatic heterocycles. The fourth-order valence-corrected chi connectivity index (χ4v) is 3.41. The third-order valence-electron chi connectivity index (χ3n) is 4.02. The van der Waals surface area contributed by atoms with Crippen molar-refractivity contribution in [1.29, 1.82) is 0 Å². The minimum Gasteiger partial charge on any atom is -0.494 e. The van der Waals surface area contributed by atoms with Crippen LogP contribution >= 0.6 is 12.2 Å². The van der Waals surface area contributed by atoms with Crippen molar-refractivity contribution in [2.45, 2.75) is 32.2 Å². The lowest BCUT2D eigenvalue weighted by Gasteiger charge is -2.13. The Morgan fingerprint density at radius 2 is 2.21 bits per heavy atom. The van der Waals surface area contributed by atoms with Crippen molar-refractivity contribution in [2.24, 2.45) is 5.92 Å². The van der Waals surface area contributed by atoms with E-state index in [-0.39, 0.29) is 11.6 Å². The fraction of sp³-hybridized carbons (Fsp3) is 0.500. The second-order valence-corrected chi connectivity index (χ2v) is 5.76. The number of benzene rings is 1. The molecule has 1 heterocycles. The summed E-state index contributed by atoms with van der Waals surface area (Å²) in [6.45, 7) is 2.26. The molecule has 3 rings (SSSR count). The van der Waals surface area contributed by atoms with Crippen LogP contribution in [-0.2, 0) is 0 Å². The third-order valence-corrected chi connectivity index (χ3v) is 4.32. The number of nitrogens with zero attached hydrogens (tertiary/aromatic N) is 1. The van der Waals surface area contributed by atoms with E-state index in [0.29, 0.717) is 10.8 Å². The van der Waals surface area contributed by atoms with Crippen molar-refractivity contribution >= 4 is 23.3 Å². The Kier molecular flexibility index (Phi) is 3.09. The highest BCUT2D eigenvalue weighted by Gasteiger charge is 2.25. The van der Waals surface area contributed by atoms with Gasteiger partial charge in [0.2, 0.25) is 0 Å². The van der Waals surface area contributed by atoms with Crippen molar-refractivity contribution in [3.8, 4) is 5.75 Å². The zero-order chi connectivity index (χ0) is 13.6. The number of ether oxygens (including phenoxy) is 1. The smallest absolute Gasteiger partial charge is 0.178 e. The lowest BCUT2D eigenvalue weighted by atomic mass is 10.1. The Bertz CT molecular complexity index is 676. The normalized spacial score (nSPS) is 23.1. The molecule has 1 aliphatic rings. The molecule has 1 aromatic carbocycles. The van der Waals surface area contributed by atoms with Crippen molar-refractivity contribution in [3.63, 3.8) is 0 Å². The number of H-pyrrole nitrogens is 1. The molecule has 2 unspecified atom stereocenters. The quantitative estimate of drug-likeness (QED) is 0.835. The van der Waals surface area contributed by atoms with Gasteiger partial charge in [-0.15, -0.1) is 0 Å². The molecular weight excluding hydrogens is 263 g/mol. The molecule has 0 bridgehead atoms. The summed E-state index contributed by atoms with van der Waals surface area (Å²) in [5.74, 6) is 0.624. The summed E-state index contributed by atoms with van der Waals surface area (Å²) in [6.07, 6.45) is 3.47. The van der Waals surface area contributed by atoms with Gasteiger partial charge in [-0.3, -0.25) is 0 Å². The average molecular weight is 280 g/mol. The zero-order valence-corrected chi connectivity index (χ0v) is 11.9. The summed E-state index contributed by atoms with van der Waals surface area (Å²) < 4.78 is 21.6.